The molecule has 15 heavy (non-hydrogen) atoms. The predicted octanol–water partition coefficient (Wildman–Crippen LogP) is 2.74. The van der Waals surface area contributed by atoms with Gasteiger partial charge in [-0.05, 0) is 6.07 Å². The van der Waals surface area contributed by atoms with Crippen molar-refractivity contribution in [1.82, 2.24) is 9.55 Å². The molecule has 0 fully saturated rings. The van der Waals surface area contributed by atoms with E-state index in [1.807, 2.05) is 0 Å². The first-order valence-electron chi connectivity index (χ1n) is 4.03. The summed E-state index contributed by atoms with van der Waals surface area (Å²) < 4.78 is 1.64. The van der Waals surface area contributed by atoms with Gasteiger partial charge in [0, 0.05) is 22.6 Å². The van der Waals surface area contributed by atoms with Crippen LogP contribution in [0.4, 0.5) is 5.00 Å². The minimum absolute atomic E-state index is 0.141. The maximum Gasteiger partial charge on any atom is 0.348 e. The molecule has 0 aliphatic rings. The second-order valence-electron chi connectivity index (χ2n) is 2.76. The summed E-state index contributed by atoms with van der Waals surface area (Å²) in [5, 5.41) is 11.6. The summed E-state index contributed by atoms with van der Waals surface area (Å²) in [7, 11) is 0. The van der Waals surface area contributed by atoms with Gasteiger partial charge >= 0.3 is 5.00 Å². The number of halogens is 1. The van der Waals surface area contributed by atoms with Crippen LogP contribution in [-0.2, 0) is 5.33 Å². The van der Waals surface area contributed by atoms with Gasteiger partial charge in [0.25, 0.3) is 0 Å². The van der Waals surface area contributed by atoms with E-state index in [1.54, 1.807) is 29.4 Å². The SMILES string of the molecule is O=[N+]([O-])c1sc(CBr)cc1-n1ccnc1. The molecule has 0 bridgehead atoms. The molecule has 2 aromatic rings. The molecule has 0 N–H and O–H groups in total. The van der Waals surface area contributed by atoms with Crippen LogP contribution >= 0.6 is 27.3 Å². The highest BCUT2D eigenvalue weighted by Gasteiger charge is 2.19. The molecule has 5 nitrogen and oxygen atoms in total. The fraction of sp³-hybridized carbons (Fsp3) is 0.125. The van der Waals surface area contributed by atoms with Gasteiger partial charge in [-0.1, -0.05) is 27.3 Å². The van der Waals surface area contributed by atoms with Gasteiger partial charge in [-0.25, -0.2) is 4.98 Å². The first-order chi connectivity index (χ1) is 7.22. The smallest absolute Gasteiger partial charge is 0.299 e. The quantitative estimate of drug-likeness (QED) is 0.495. The fourth-order valence-electron chi connectivity index (χ4n) is 1.20. The molecule has 7 heteroatoms. The summed E-state index contributed by atoms with van der Waals surface area (Å²) in [6.07, 6.45) is 4.83. The van der Waals surface area contributed by atoms with Crippen LogP contribution < -0.4 is 0 Å². The zero-order valence-corrected chi connectivity index (χ0v) is 9.86. The Bertz CT molecular complexity index is 480. The molecule has 0 unspecified atom stereocenters. The highest BCUT2D eigenvalue weighted by atomic mass is 79.9. The van der Waals surface area contributed by atoms with Crippen LogP contribution in [0.25, 0.3) is 5.69 Å². The van der Waals surface area contributed by atoms with Gasteiger partial charge in [0.1, 0.15) is 5.69 Å². The summed E-state index contributed by atoms with van der Waals surface area (Å²) in [5.74, 6) is 0. The lowest BCUT2D eigenvalue weighted by atomic mass is 10.4. The van der Waals surface area contributed by atoms with E-state index in [9.17, 15) is 10.1 Å². The third-order valence-corrected chi connectivity index (χ3v) is 3.88. The normalized spacial score (nSPS) is 10.5. The van der Waals surface area contributed by atoms with Crippen LogP contribution in [0.5, 0.6) is 0 Å². The molecule has 0 radical (unpaired) electrons. The molecule has 0 amide bonds. The molecule has 0 spiro atoms. The van der Waals surface area contributed by atoms with Gasteiger partial charge in [-0.2, -0.15) is 0 Å². The van der Waals surface area contributed by atoms with E-state index >= 15 is 0 Å². The Morgan fingerprint density at radius 3 is 3.00 bits per heavy atom. The summed E-state index contributed by atoms with van der Waals surface area (Å²) in [5.41, 5.74) is 0.567. The predicted molar refractivity (Wildman–Crippen MR) is 60.7 cm³/mol. The lowest BCUT2D eigenvalue weighted by Crippen LogP contribution is -1.93. The highest BCUT2D eigenvalue weighted by Crippen LogP contribution is 2.33. The molecule has 0 saturated heterocycles. The summed E-state index contributed by atoms with van der Waals surface area (Å²) in [6.45, 7) is 0. The topological polar surface area (TPSA) is 61.0 Å². The lowest BCUT2D eigenvalue weighted by molar-refractivity contribution is -0.379. The number of thiophene rings is 1. The molecule has 0 saturated carbocycles. The minimum atomic E-state index is -0.369. The van der Waals surface area contributed by atoms with Crippen LogP contribution in [0.15, 0.2) is 24.8 Å². The maximum atomic E-state index is 10.8. The number of alkyl halides is 1. The van der Waals surface area contributed by atoms with Gasteiger partial charge < -0.3 is 0 Å². The monoisotopic (exact) mass is 287 g/mol. The van der Waals surface area contributed by atoms with Crippen molar-refractivity contribution in [3.05, 3.63) is 39.8 Å². The van der Waals surface area contributed by atoms with E-state index < -0.39 is 0 Å². The van der Waals surface area contributed by atoms with Crippen LogP contribution in [0.3, 0.4) is 0 Å². The van der Waals surface area contributed by atoms with E-state index in [0.717, 1.165) is 4.88 Å². The second kappa shape index (κ2) is 4.11. The van der Waals surface area contributed by atoms with Crippen molar-refractivity contribution in [3.63, 3.8) is 0 Å². The summed E-state index contributed by atoms with van der Waals surface area (Å²) >= 11 is 4.45. The molecule has 2 aromatic heterocycles. The first-order valence-corrected chi connectivity index (χ1v) is 5.97. The summed E-state index contributed by atoms with van der Waals surface area (Å²) in [6, 6.07) is 1.79. The number of aromatic nitrogens is 2. The van der Waals surface area contributed by atoms with Crippen LogP contribution in [0.2, 0.25) is 0 Å². The summed E-state index contributed by atoms with van der Waals surface area (Å²) in [4.78, 5) is 15.2. The van der Waals surface area contributed by atoms with Crippen LogP contribution in [0, 0.1) is 10.1 Å². The standard InChI is InChI=1S/C8H6BrN3O2S/c9-4-6-3-7(8(15-6)12(13)14)11-2-1-10-5-11/h1-3,5H,4H2. The van der Waals surface area contributed by atoms with E-state index in [4.69, 9.17) is 0 Å². The average Bonchev–Trinajstić information content (AvgIpc) is 2.86. The third-order valence-electron chi connectivity index (χ3n) is 1.82. The average molecular weight is 288 g/mol. The second-order valence-corrected chi connectivity index (χ2v) is 4.44. The van der Waals surface area contributed by atoms with E-state index in [-0.39, 0.29) is 9.92 Å². The number of hydrogen-bond donors (Lipinski definition) is 0. The molecule has 0 aliphatic carbocycles. The zero-order chi connectivity index (χ0) is 10.8. The Hall–Kier alpha value is -1.21. The fourth-order valence-corrected chi connectivity index (χ4v) is 2.53. The zero-order valence-electron chi connectivity index (χ0n) is 7.46. The number of nitrogens with zero attached hydrogens (tertiary/aromatic N) is 3. The Kier molecular flexibility index (Phi) is 2.83. The maximum absolute atomic E-state index is 10.8. The van der Waals surface area contributed by atoms with Crippen molar-refractivity contribution < 1.29 is 4.92 Å². The Morgan fingerprint density at radius 1 is 1.67 bits per heavy atom. The van der Waals surface area contributed by atoms with Crippen LogP contribution in [-0.4, -0.2) is 14.5 Å². The number of hydrogen-bond acceptors (Lipinski definition) is 4. The number of imidazole rings is 1. The highest BCUT2D eigenvalue weighted by molar-refractivity contribution is 9.08. The van der Waals surface area contributed by atoms with E-state index in [0.29, 0.717) is 11.0 Å². The lowest BCUT2D eigenvalue weighted by Gasteiger charge is -1.95. The van der Waals surface area contributed by atoms with Crippen molar-refractivity contribution in [2.24, 2.45) is 0 Å². The van der Waals surface area contributed by atoms with E-state index in [2.05, 4.69) is 20.9 Å². The van der Waals surface area contributed by atoms with Crippen molar-refractivity contribution >= 4 is 32.3 Å². The van der Waals surface area contributed by atoms with Gasteiger partial charge in [-0.15, -0.1) is 0 Å². The Labute approximate surface area is 97.7 Å². The minimum Gasteiger partial charge on any atom is -0.299 e. The largest absolute Gasteiger partial charge is 0.348 e. The molecule has 2 heterocycles. The molecule has 0 aliphatic heterocycles. The van der Waals surface area contributed by atoms with Gasteiger partial charge in [0.05, 0.1) is 11.3 Å². The van der Waals surface area contributed by atoms with Gasteiger partial charge in [0.2, 0.25) is 0 Å². The van der Waals surface area contributed by atoms with Crippen molar-refractivity contribution in [3.8, 4) is 5.69 Å². The Morgan fingerprint density at radius 2 is 2.47 bits per heavy atom. The van der Waals surface area contributed by atoms with E-state index in [1.165, 1.54) is 11.3 Å². The number of nitro groups is 1. The van der Waals surface area contributed by atoms with Crippen molar-refractivity contribution in [2.45, 2.75) is 5.33 Å². The molecule has 0 atom stereocenters. The molecule has 78 valence electrons. The van der Waals surface area contributed by atoms with Crippen molar-refractivity contribution in [2.75, 3.05) is 0 Å². The number of rotatable bonds is 3. The third kappa shape index (κ3) is 1.93. The molecular weight excluding hydrogens is 282 g/mol. The Balaban J connectivity index is 2.54. The van der Waals surface area contributed by atoms with Crippen LogP contribution in [0.1, 0.15) is 4.88 Å². The molecule has 2 rings (SSSR count). The first kappa shape index (κ1) is 10.3. The van der Waals surface area contributed by atoms with Gasteiger partial charge in [0.15, 0.2) is 0 Å². The molecule has 0 aromatic carbocycles. The van der Waals surface area contributed by atoms with Crippen molar-refractivity contribution in [1.29, 1.82) is 0 Å². The molecular formula is C8H6BrN3O2S. The van der Waals surface area contributed by atoms with Gasteiger partial charge in [-0.3, -0.25) is 14.7 Å².